The molecule has 8 heteroatoms. The van der Waals surface area contributed by atoms with Crippen LogP contribution in [0.5, 0.6) is 0 Å². The molecule has 0 aliphatic carbocycles. The Balaban J connectivity index is 2.01. The van der Waals surface area contributed by atoms with Crippen LogP contribution in [0, 0.1) is 5.82 Å². The van der Waals surface area contributed by atoms with Crippen molar-refractivity contribution in [2.24, 2.45) is 0 Å². The van der Waals surface area contributed by atoms with Gasteiger partial charge in [0, 0.05) is 23.6 Å². The summed E-state index contributed by atoms with van der Waals surface area (Å²) in [4.78, 5) is 8.53. The number of benzene rings is 2. The maximum absolute atomic E-state index is 14.4. The van der Waals surface area contributed by atoms with E-state index in [-0.39, 0.29) is 11.3 Å². The van der Waals surface area contributed by atoms with Crippen molar-refractivity contribution in [1.29, 1.82) is 0 Å². The van der Waals surface area contributed by atoms with Gasteiger partial charge in [-0.15, -0.1) is 0 Å². The second-order valence-electron chi connectivity index (χ2n) is 5.52. The predicted octanol–water partition coefficient (Wildman–Crippen LogP) is 4.29. The van der Waals surface area contributed by atoms with Crippen molar-refractivity contribution >= 4 is 22.4 Å². The maximum Gasteiger partial charge on any atom is 0.416 e. The summed E-state index contributed by atoms with van der Waals surface area (Å²) in [7, 11) is 0. The van der Waals surface area contributed by atoms with Crippen LogP contribution < -0.4 is 5.73 Å². The van der Waals surface area contributed by atoms with E-state index in [0.29, 0.717) is 28.4 Å². The molecule has 2 aromatic heterocycles. The number of nitrogens with zero attached hydrogens (tertiary/aromatic N) is 3. The first-order valence-electron chi connectivity index (χ1n) is 7.24. The number of rotatable bonds is 1. The SMILES string of the molecule is Nc1ccc2c(c1)nc(-c1ccc(C(F)(F)F)cc1F)c1nccn12. The molecule has 0 saturated carbocycles. The second kappa shape index (κ2) is 5.17. The zero-order chi connectivity index (χ0) is 17.8. The highest BCUT2D eigenvalue weighted by Crippen LogP contribution is 2.34. The van der Waals surface area contributed by atoms with Crippen LogP contribution in [0.25, 0.3) is 27.9 Å². The summed E-state index contributed by atoms with van der Waals surface area (Å²) in [6.07, 6.45) is -1.44. The van der Waals surface area contributed by atoms with Gasteiger partial charge >= 0.3 is 6.18 Å². The third-order valence-electron chi connectivity index (χ3n) is 3.90. The van der Waals surface area contributed by atoms with Gasteiger partial charge in [-0.2, -0.15) is 13.2 Å². The molecule has 2 aromatic carbocycles. The molecule has 2 N–H and O–H groups in total. The van der Waals surface area contributed by atoms with Crippen molar-refractivity contribution in [2.75, 3.05) is 5.73 Å². The fourth-order valence-electron chi connectivity index (χ4n) is 2.74. The van der Waals surface area contributed by atoms with Crippen molar-refractivity contribution in [3.05, 3.63) is 60.2 Å². The molecule has 0 amide bonds. The molecule has 2 heterocycles. The predicted molar refractivity (Wildman–Crippen MR) is 85.3 cm³/mol. The minimum absolute atomic E-state index is 0.0616. The van der Waals surface area contributed by atoms with Crippen LogP contribution in [0.1, 0.15) is 5.56 Å². The van der Waals surface area contributed by atoms with Crippen LogP contribution in [0.15, 0.2) is 48.8 Å². The van der Waals surface area contributed by atoms with Crippen molar-refractivity contribution in [2.45, 2.75) is 6.18 Å². The smallest absolute Gasteiger partial charge is 0.399 e. The molecule has 0 unspecified atom stereocenters. The monoisotopic (exact) mass is 346 g/mol. The summed E-state index contributed by atoms with van der Waals surface area (Å²) >= 11 is 0. The van der Waals surface area contributed by atoms with Gasteiger partial charge in [0.15, 0.2) is 5.65 Å². The summed E-state index contributed by atoms with van der Waals surface area (Å²) in [6, 6.07) is 7.40. The summed E-state index contributed by atoms with van der Waals surface area (Å²) in [5.41, 5.74) is 6.80. The van der Waals surface area contributed by atoms with E-state index >= 15 is 0 Å². The van der Waals surface area contributed by atoms with Gasteiger partial charge in [0.2, 0.25) is 0 Å². The van der Waals surface area contributed by atoms with E-state index in [4.69, 9.17) is 5.73 Å². The van der Waals surface area contributed by atoms with Gasteiger partial charge in [-0.3, -0.25) is 4.40 Å². The first-order valence-corrected chi connectivity index (χ1v) is 7.24. The Morgan fingerprint density at radius 1 is 1.04 bits per heavy atom. The first kappa shape index (κ1) is 15.4. The Hall–Kier alpha value is -3.16. The summed E-state index contributed by atoms with van der Waals surface area (Å²) in [5, 5.41) is 0. The lowest BCUT2D eigenvalue weighted by atomic mass is 10.1. The number of hydrogen-bond acceptors (Lipinski definition) is 3. The van der Waals surface area contributed by atoms with Crippen LogP contribution in [-0.2, 0) is 6.18 Å². The molecule has 0 aliphatic rings. The zero-order valence-electron chi connectivity index (χ0n) is 12.5. The molecule has 0 bridgehead atoms. The quantitative estimate of drug-likeness (QED) is 0.413. The van der Waals surface area contributed by atoms with E-state index in [1.165, 1.54) is 6.20 Å². The third kappa shape index (κ3) is 2.46. The molecule has 0 atom stereocenters. The van der Waals surface area contributed by atoms with Crippen molar-refractivity contribution in [1.82, 2.24) is 14.4 Å². The number of nitrogen functional groups attached to an aromatic ring is 1. The molecule has 4 rings (SSSR count). The topological polar surface area (TPSA) is 56.2 Å². The molecule has 0 saturated heterocycles. The summed E-state index contributed by atoms with van der Waals surface area (Å²) in [5.74, 6) is -1.02. The highest BCUT2D eigenvalue weighted by Gasteiger charge is 2.31. The van der Waals surface area contributed by atoms with Crippen molar-refractivity contribution in [3.63, 3.8) is 0 Å². The molecule has 4 aromatic rings. The standard InChI is InChI=1S/C17H10F4N4/c18-12-7-9(17(19,20)21)1-3-11(12)15-16-23-5-6-25(16)14-4-2-10(22)8-13(14)24-15/h1-8H,22H2. The lowest BCUT2D eigenvalue weighted by Gasteiger charge is -2.11. The molecule has 4 nitrogen and oxygen atoms in total. The van der Waals surface area contributed by atoms with E-state index in [0.717, 1.165) is 12.1 Å². The average molecular weight is 346 g/mol. The Bertz CT molecular complexity index is 1110. The van der Waals surface area contributed by atoms with Gasteiger partial charge < -0.3 is 5.73 Å². The van der Waals surface area contributed by atoms with Crippen LogP contribution in [0.2, 0.25) is 0 Å². The Labute approximate surface area is 138 Å². The number of imidazole rings is 1. The fraction of sp³-hybridized carbons (Fsp3) is 0.0588. The van der Waals surface area contributed by atoms with Crippen molar-refractivity contribution < 1.29 is 17.6 Å². The van der Waals surface area contributed by atoms with Gasteiger partial charge in [-0.05, 0) is 36.4 Å². The molecule has 0 fully saturated rings. The van der Waals surface area contributed by atoms with Gasteiger partial charge in [-0.25, -0.2) is 14.4 Å². The van der Waals surface area contributed by atoms with Gasteiger partial charge in [0.1, 0.15) is 11.5 Å². The van der Waals surface area contributed by atoms with Crippen LogP contribution in [-0.4, -0.2) is 14.4 Å². The normalized spacial score (nSPS) is 12.2. The van der Waals surface area contributed by atoms with Gasteiger partial charge in [0.05, 0.1) is 16.6 Å². The van der Waals surface area contributed by atoms with Crippen LogP contribution in [0.3, 0.4) is 0 Å². The van der Waals surface area contributed by atoms with E-state index in [2.05, 4.69) is 9.97 Å². The number of alkyl halides is 3. The number of halogens is 4. The van der Waals surface area contributed by atoms with Gasteiger partial charge in [0.25, 0.3) is 0 Å². The molecule has 126 valence electrons. The lowest BCUT2D eigenvalue weighted by molar-refractivity contribution is -0.137. The van der Waals surface area contributed by atoms with Crippen LogP contribution in [0.4, 0.5) is 23.2 Å². The van der Waals surface area contributed by atoms with Gasteiger partial charge in [-0.1, -0.05) is 0 Å². The molecular weight excluding hydrogens is 336 g/mol. The number of aromatic nitrogens is 3. The molecule has 0 aliphatic heterocycles. The van der Waals surface area contributed by atoms with E-state index in [1.54, 1.807) is 28.8 Å². The summed E-state index contributed by atoms with van der Waals surface area (Å²) < 4.78 is 54.3. The maximum atomic E-state index is 14.4. The minimum Gasteiger partial charge on any atom is -0.399 e. The first-order chi connectivity index (χ1) is 11.8. The Kier molecular flexibility index (Phi) is 3.18. The third-order valence-corrected chi connectivity index (χ3v) is 3.90. The second-order valence-corrected chi connectivity index (χ2v) is 5.52. The Morgan fingerprint density at radius 2 is 1.84 bits per heavy atom. The molecule has 25 heavy (non-hydrogen) atoms. The number of nitrogens with two attached hydrogens (primary N) is 1. The average Bonchev–Trinajstić information content (AvgIpc) is 3.02. The van der Waals surface area contributed by atoms with E-state index in [1.807, 2.05) is 0 Å². The number of fused-ring (bicyclic) bond motifs is 3. The van der Waals surface area contributed by atoms with Crippen LogP contribution >= 0.6 is 0 Å². The number of anilines is 1. The highest BCUT2D eigenvalue weighted by atomic mass is 19.4. The minimum atomic E-state index is -4.62. The fourth-order valence-corrected chi connectivity index (χ4v) is 2.74. The summed E-state index contributed by atoms with van der Waals surface area (Å²) in [6.45, 7) is 0. The van der Waals surface area contributed by atoms with E-state index in [9.17, 15) is 17.6 Å². The molecule has 0 radical (unpaired) electrons. The zero-order valence-corrected chi connectivity index (χ0v) is 12.5. The molecule has 0 spiro atoms. The highest BCUT2D eigenvalue weighted by molar-refractivity contribution is 5.87. The number of hydrogen-bond donors (Lipinski definition) is 1. The molecular formula is C17H10F4N4. The van der Waals surface area contributed by atoms with Crippen molar-refractivity contribution in [3.8, 4) is 11.3 Å². The lowest BCUT2D eigenvalue weighted by Crippen LogP contribution is -2.06. The van der Waals surface area contributed by atoms with E-state index < -0.39 is 17.6 Å². The Morgan fingerprint density at radius 3 is 2.56 bits per heavy atom. The largest absolute Gasteiger partial charge is 0.416 e.